The van der Waals surface area contributed by atoms with E-state index in [9.17, 15) is 9.59 Å². The van der Waals surface area contributed by atoms with Crippen LogP contribution in [0.4, 0.5) is 0 Å². The molecule has 0 bridgehead atoms. The average Bonchev–Trinajstić information content (AvgIpc) is 2.44. The normalized spacial score (nSPS) is 13.4. The Kier molecular flexibility index (Phi) is 6.65. The van der Waals surface area contributed by atoms with E-state index in [4.69, 9.17) is 11.6 Å². The topological polar surface area (TPSA) is 61.4 Å². The van der Waals surface area contributed by atoms with Crippen LogP contribution in [0.5, 0.6) is 0 Å². The van der Waals surface area contributed by atoms with Gasteiger partial charge in [0, 0.05) is 25.2 Å². The number of halogens is 1. The minimum absolute atomic E-state index is 0.0516. The van der Waals surface area contributed by atoms with Crippen LogP contribution in [-0.2, 0) is 9.59 Å². The molecule has 116 valence electrons. The summed E-state index contributed by atoms with van der Waals surface area (Å²) >= 11 is 6.10. The third-order valence-corrected chi connectivity index (χ3v) is 3.47. The lowest BCUT2D eigenvalue weighted by Crippen LogP contribution is -2.47. The van der Waals surface area contributed by atoms with Crippen LogP contribution in [0.3, 0.4) is 0 Å². The molecule has 0 aliphatic heterocycles. The molecule has 0 aliphatic carbocycles. The fraction of sp³-hybridized carbons (Fsp3) is 0.467. The molecule has 2 atom stereocenters. The smallest absolute Gasteiger partial charge is 0.244 e. The molecule has 1 rings (SSSR count). The maximum atomic E-state index is 11.8. The summed E-state index contributed by atoms with van der Waals surface area (Å²) in [5.41, 5.74) is 0.935. The minimum Gasteiger partial charge on any atom is -0.347 e. The number of carbonyl (C=O) groups excluding carboxylic acids is 2. The number of carbonyl (C=O) groups is 2. The molecule has 1 aromatic rings. The summed E-state index contributed by atoms with van der Waals surface area (Å²) in [6.45, 7) is 3.72. The number of nitrogens with zero attached hydrogens (tertiary/aromatic N) is 1. The van der Waals surface area contributed by atoms with Crippen LogP contribution in [0.15, 0.2) is 24.3 Å². The minimum atomic E-state index is -0.537. The van der Waals surface area contributed by atoms with Gasteiger partial charge in [-0.15, -0.1) is 0 Å². The Labute approximate surface area is 130 Å². The maximum absolute atomic E-state index is 11.8. The summed E-state index contributed by atoms with van der Waals surface area (Å²) in [5.74, 6) is -0.362. The van der Waals surface area contributed by atoms with Gasteiger partial charge in [0.1, 0.15) is 6.04 Å². The molecule has 0 aromatic heterocycles. The lowest BCUT2D eigenvalue weighted by molar-refractivity contribution is -0.133. The molecule has 0 spiro atoms. The second kappa shape index (κ2) is 8.00. The Morgan fingerprint density at radius 2 is 1.86 bits per heavy atom. The highest BCUT2D eigenvalue weighted by atomic mass is 35.5. The molecule has 2 amide bonds. The van der Waals surface area contributed by atoms with Gasteiger partial charge in [-0.2, -0.15) is 0 Å². The average molecular weight is 312 g/mol. The van der Waals surface area contributed by atoms with Crippen molar-refractivity contribution in [3.05, 3.63) is 34.9 Å². The van der Waals surface area contributed by atoms with Gasteiger partial charge in [-0.1, -0.05) is 29.8 Å². The first-order valence-electron chi connectivity index (χ1n) is 6.81. The molecule has 2 unspecified atom stereocenters. The van der Waals surface area contributed by atoms with Crippen LogP contribution in [-0.4, -0.2) is 43.4 Å². The number of rotatable bonds is 6. The first-order valence-corrected chi connectivity index (χ1v) is 7.19. The number of amides is 2. The second-order valence-electron chi connectivity index (χ2n) is 5.15. The molecule has 0 radical (unpaired) electrons. The highest BCUT2D eigenvalue weighted by Crippen LogP contribution is 2.21. The Balaban J connectivity index is 2.46. The highest BCUT2D eigenvalue weighted by Gasteiger charge is 2.17. The number of hydrogen-bond donors (Lipinski definition) is 2. The lowest BCUT2D eigenvalue weighted by atomic mass is 10.1. The zero-order chi connectivity index (χ0) is 16.0. The Bertz CT molecular complexity index is 505. The fourth-order valence-electron chi connectivity index (χ4n) is 1.92. The van der Waals surface area contributed by atoms with Crippen molar-refractivity contribution in [1.82, 2.24) is 15.5 Å². The maximum Gasteiger partial charge on any atom is 0.244 e. The van der Waals surface area contributed by atoms with E-state index in [0.717, 1.165) is 5.56 Å². The monoisotopic (exact) mass is 311 g/mol. The van der Waals surface area contributed by atoms with Gasteiger partial charge >= 0.3 is 0 Å². The van der Waals surface area contributed by atoms with E-state index >= 15 is 0 Å². The van der Waals surface area contributed by atoms with Crippen LogP contribution in [0.25, 0.3) is 0 Å². The Morgan fingerprint density at radius 1 is 1.24 bits per heavy atom. The molecule has 2 N–H and O–H groups in total. The van der Waals surface area contributed by atoms with Crippen LogP contribution in [0.2, 0.25) is 5.02 Å². The van der Waals surface area contributed by atoms with E-state index in [0.29, 0.717) is 5.02 Å². The number of likely N-dealkylation sites (N-methyl/N-ethyl adjacent to an activating group) is 1. The summed E-state index contributed by atoms with van der Waals surface area (Å²) in [6.07, 6.45) is 0. The van der Waals surface area contributed by atoms with Crippen molar-refractivity contribution in [2.45, 2.75) is 25.9 Å². The number of hydrogen-bond acceptors (Lipinski definition) is 3. The molecule has 21 heavy (non-hydrogen) atoms. The number of benzene rings is 1. The summed E-state index contributed by atoms with van der Waals surface area (Å²) in [7, 11) is 3.31. The Hall–Kier alpha value is -1.59. The van der Waals surface area contributed by atoms with Crippen molar-refractivity contribution in [3.8, 4) is 0 Å². The van der Waals surface area contributed by atoms with Crippen molar-refractivity contribution < 1.29 is 9.59 Å². The van der Waals surface area contributed by atoms with Gasteiger partial charge in [-0.3, -0.25) is 9.59 Å². The van der Waals surface area contributed by atoms with Crippen LogP contribution < -0.4 is 10.6 Å². The molecule has 0 heterocycles. The first-order chi connectivity index (χ1) is 9.82. The SMILES string of the molecule is CC(NC(=O)CNC(C)c1ccccc1Cl)C(=O)N(C)C. The molecular formula is C15H22ClN3O2. The van der Waals surface area contributed by atoms with Gasteiger partial charge in [0.25, 0.3) is 0 Å². The molecule has 0 saturated carbocycles. The largest absolute Gasteiger partial charge is 0.347 e. The number of nitrogens with one attached hydrogen (secondary N) is 2. The Morgan fingerprint density at radius 3 is 2.43 bits per heavy atom. The zero-order valence-corrected chi connectivity index (χ0v) is 13.6. The van der Waals surface area contributed by atoms with Gasteiger partial charge in [-0.25, -0.2) is 0 Å². The highest BCUT2D eigenvalue weighted by molar-refractivity contribution is 6.31. The first kappa shape index (κ1) is 17.5. The van der Waals surface area contributed by atoms with Crippen molar-refractivity contribution in [1.29, 1.82) is 0 Å². The van der Waals surface area contributed by atoms with E-state index in [1.165, 1.54) is 4.90 Å². The predicted octanol–water partition coefficient (Wildman–Crippen LogP) is 1.58. The van der Waals surface area contributed by atoms with E-state index < -0.39 is 6.04 Å². The molecule has 1 aromatic carbocycles. The summed E-state index contributed by atoms with van der Waals surface area (Å²) in [4.78, 5) is 24.9. The van der Waals surface area contributed by atoms with E-state index in [2.05, 4.69) is 10.6 Å². The van der Waals surface area contributed by atoms with Crippen LogP contribution in [0, 0.1) is 0 Å². The summed E-state index contributed by atoms with van der Waals surface area (Å²) < 4.78 is 0. The van der Waals surface area contributed by atoms with Crippen LogP contribution in [0.1, 0.15) is 25.5 Å². The molecule has 6 heteroatoms. The van der Waals surface area contributed by atoms with Gasteiger partial charge in [0.15, 0.2) is 0 Å². The standard InChI is InChI=1S/C15H22ClN3O2/c1-10(12-7-5-6-8-13(12)16)17-9-14(20)18-11(2)15(21)19(3)4/h5-8,10-11,17H,9H2,1-4H3,(H,18,20). The van der Waals surface area contributed by atoms with Crippen molar-refractivity contribution in [2.75, 3.05) is 20.6 Å². The molecule has 0 fully saturated rings. The molecule has 5 nitrogen and oxygen atoms in total. The van der Waals surface area contributed by atoms with E-state index in [1.807, 2.05) is 31.2 Å². The summed E-state index contributed by atoms with van der Waals surface area (Å²) in [5, 5.41) is 6.41. The van der Waals surface area contributed by atoms with Crippen molar-refractivity contribution in [3.63, 3.8) is 0 Å². The lowest BCUT2D eigenvalue weighted by Gasteiger charge is -2.19. The predicted molar refractivity (Wildman–Crippen MR) is 84.2 cm³/mol. The third kappa shape index (κ3) is 5.36. The van der Waals surface area contributed by atoms with E-state index in [-0.39, 0.29) is 24.4 Å². The quantitative estimate of drug-likeness (QED) is 0.838. The van der Waals surface area contributed by atoms with Crippen molar-refractivity contribution >= 4 is 23.4 Å². The van der Waals surface area contributed by atoms with Gasteiger partial charge in [0.2, 0.25) is 11.8 Å². The van der Waals surface area contributed by atoms with Crippen LogP contribution >= 0.6 is 11.6 Å². The third-order valence-electron chi connectivity index (χ3n) is 3.13. The molecule has 0 aliphatic rings. The fourth-order valence-corrected chi connectivity index (χ4v) is 2.22. The second-order valence-corrected chi connectivity index (χ2v) is 5.55. The summed E-state index contributed by atoms with van der Waals surface area (Å²) in [6, 6.07) is 6.90. The van der Waals surface area contributed by atoms with Gasteiger partial charge in [0.05, 0.1) is 6.54 Å². The molecule has 0 saturated heterocycles. The molecular weight excluding hydrogens is 290 g/mol. The van der Waals surface area contributed by atoms with E-state index in [1.54, 1.807) is 21.0 Å². The van der Waals surface area contributed by atoms with Gasteiger partial charge in [-0.05, 0) is 25.5 Å². The van der Waals surface area contributed by atoms with Crippen molar-refractivity contribution in [2.24, 2.45) is 0 Å². The zero-order valence-electron chi connectivity index (χ0n) is 12.8. The van der Waals surface area contributed by atoms with Gasteiger partial charge < -0.3 is 15.5 Å².